The van der Waals surface area contributed by atoms with Gasteiger partial charge in [-0.3, -0.25) is 4.79 Å². The Morgan fingerprint density at radius 1 is 1.39 bits per heavy atom. The summed E-state index contributed by atoms with van der Waals surface area (Å²) in [5, 5.41) is 2.71. The van der Waals surface area contributed by atoms with Crippen LogP contribution in [0.5, 0.6) is 0 Å². The van der Waals surface area contributed by atoms with Crippen molar-refractivity contribution in [1.82, 2.24) is 5.32 Å². The Balaban J connectivity index is 2.86. The molecule has 0 fully saturated rings. The van der Waals surface area contributed by atoms with Crippen molar-refractivity contribution < 1.29 is 13.2 Å². The van der Waals surface area contributed by atoms with Gasteiger partial charge in [0.1, 0.15) is 0 Å². The summed E-state index contributed by atoms with van der Waals surface area (Å²) in [5.74, 6) is -0.287. The summed E-state index contributed by atoms with van der Waals surface area (Å²) < 4.78 is 22.6. The van der Waals surface area contributed by atoms with Crippen LogP contribution in [0.2, 0.25) is 0 Å². The third-order valence-corrected chi connectivity index (χ3v) is 3.53. The van der Waals surface area contributed by atoms with E-state index in [0.717, 1.165) is 11.8 Å². The zero-order valence-electron chi connectivity index (χ0n) is 10.3. The van der Waals surface area contributed by atoms with Crippen LogP contribution in [0.15, 0.2) is 47.5 Å². The van der Waals surface area contributed by atoms with E-state index in [4.69, 9.17) is 0 Å². The summed E-state index contributed by atoms with van der Waals surface area (Å²) in [7, 11) is -3.19. The summed E-state index contributed by atoms with van der Waals surface area (Å²) in [4.78, 5) is 11.5. The average Bonchev–Trinajstić information content (AvgIpc) is 2.28. The molecule has 96 valence electrons. The van der Waals surface area contributed by atoms with E-state index in [1.807, 2.05) is 6.92 Å². The minimum atomic E-state index is -3.19. The van der Waals surface area contributed by atoms with Crippen molar-refractivity contribution in [1.29, 1.82) is 0 Å². The van der Waals surface area contributed by atoms with Crippen LogP contribution in [0, 0.1) is 0 Å². The van der Waals surface area contributed by atoms with Crippen LogP contribution in [0.3, 0.4) is 0 Å². The smallest absolute Gasteiger partial charge is 0.252 e. The van der Waals surface area contributed by atoms with Gasteiger partial charge in [0.2, 0.25) is 0 Å². The highest BCUT2D eigenvalue weighted by Crippen LogP contribution is 2.16. The van der Waals surface area contributed by atoms with Gasteiger partial charge in [0.05, 0.1) is 10.9 Å². The molecule has 4 nitrogen and oxygen atoms in total. The average molecular weight is 265 g/mol. The number of sulfone groups is 1. The first-order valence-electron chi connectivity index (χ1n) is 5.31. The molecule has 1 atom stereocenters. The fraction of sp³-hybridized carbons (Fsp3) is 0.231. The Morgan fingerprint density at radius 3 is 2.39 bits per heavy atom. The number of benzene rings is 1. The predicted molar refractivity (Wildman–Crippen MR) is 69.8 cm³/mol. The number of rotatable bonds is 4. The van der Waals surface area contributed by atoms with E-state index >= 15 is 0 Å². The molecule has 0 heterocycles. The van der Waals surface area contributed by atoms with Crippen LogP contribution in [0.4, 0.5) is 0 Å². The largest absolute Gasteiger partial charge is 0.346 e. The third kappa shape index (κ3) is 3.87. The fourth-order valence-corrected chi connectivity index (χ4v) is 2.07. The summed E-state index contributed by atoms with van der Waals surface area (Å²) in [6.45, 7) is 5.12. The second-order valence-corrected chi connectivity index (χ2v) is 5.94. The molecule has 0 radical (unpaired) electrons. The van der Waals surface area contributed by atoms with Gasteiger partial charge in [0.25, 0.3) is 5.91 Å². The zero-order chi connectivity index (χ0) is 13.8. The van der Waals surface area contributed by atoms with Gasteiger partial charge >= 0.3 is 0 Å². The topological polar surface area (TPSA) is 63.2 Å². The van der Waals surface area contributed by atoms with E-state index in [0.29, 0.717) is 0 Å². The molecule has 0 aliphatic rings. The summed E-state index contributed by atoms with van der Waals surface area (Å²) in [5.41, 5.74) is 3.21. The van der Waals surface area contributed by atoms with Crippen LogP contribution in [0.1, 0.15) is 18.5 Å². The van der Waals surface area contributed by atoms with Crippen molar-refractivity contribution in [2.45, 2.75) is 17.9 Å². The molecular formula is C13H15NO3S. The van der Waals surface area contributed by atoms with Crippen LogP contribution < -0.4 is 5.32 Å². The minimum absolute atomic E-state index is 0.212. The van der Waals surface area contributed by atoms with Gasteiger partial charge in [-0.2, -0.15) is 0 Å². The maximum Gasteiger partial charge on any atom is 0.252 e. The van der Waals surface area contributed by atoms with Crippen molar-refractivity contribution >= 4 is 15.7 Å². The first-order valence-corrected chi connectivity index (χ1v) is 7.20. The van der Waals surface area contributed by atoms with Gasteiger partial charge in [-0.15, -0.1) is 5.73 Å². The summed E-state index contributed by atoms with van der Waals surface area (Å²) >= 11 is 0. The van der Waals surface area contributed by atoms with Crippen molar-refractivity contribution in [2.24, 2.45) is 0 Å². The second-order valence-electron chi connectivity index (χ2n) is 3.92. The lowest BCUT2D eigenvalue weighted by atomic mass is 10.1. The first-order chi connectivity index (χ1) is 8.34. The standard InChI is InChI=1S/C13H15NO3S/c1-4-5-13(15)14-10(2)11-6-8-12(9-7-11)18(3,16)17/h5-10H,1H2,2-3H3,(H,14,15). The molecule has 1 rings (SSSR count). The van der Waals surface area contributed by atoms with Crippen molar-refractivity contribution in [2.75, 3.05) is 6.26 Å². The maximum absolute atomic E-state index is 11.3. The molecule has 1 aromatic rings. The third-order valence-electron chi connectivity index (χ3n) is 2.40. The molecule has 0 spiro atoms. The molecule has 0 aliphatic carbocycles. The Morgan fingerprint density at radius 2 is 1.94 bits per heavy atom. The van der Waals surface area contributed by atoms with E-state index in [9.17, 15) is 13.2 Å². The molecule has 18 heavy (non-hydrogen) atoms. The van der Waals surface area contributed by atoms with Gasteiger partial charge < -0.3 is 5.32 Å². The van der Waals surface area contributed by atoms with Gasteiger partial charge in [0, 0.05) is 12.3 Å². The molecule has 1 unspecified atom stereocenters. The predicted octanol–water partition coefficient (Wildman–Crippen LogP) is 1.61. The molecule has 1 N–H and O–H groups in total. The molecular weight excluding hydrogens is 250 g/mol. The molecule has 0 saturated carbocycles. The number of carbonyl (C=O) groups is 1. The van der Waals surface area contributed by atoms with E-state index in [-0.39, 0.29) is 16.8 Å². The van der Waals surface area contributed by atoms with Crippen molar-refractivity contribution in [3.05, 3.63) is 48.2 Å². The number of nitrogens with one attached hydrogen (secondary N) is 1. The number of hydrogen-bond acceptors (Lipinski definition) is 3. The quantitative estimate of drug-likeness (QED) is 0.664. The summed E-state index contributed by atoms with van der Waals surface area (Å²) in [6, 6.07) is 6.20. The molecule has 5 heteroatoms. The molecule has 0 bridgehead atoms. The lowest BCUT2D eigenvalue weighted by Gasteiger charge is -2.13. The zero-order valence-corrected chi connectivity index (χ0v) is 11.1. The summed E-state index contributed by atoms with van der Waals surface area (Å²) in [6.07, 6.45) is 2.36. The number of amides is 1. The van der Waals surface area contributed by atoms with E-state index < -0.39 is 9.84 Å². The molecule has 0 aromatic heterocycles. The SMILES string of the molecule is C=C=CC(=O)NC(C)c1ccc(S(C)(=O)=O)cc1. The number of carbonyl (C=O) groups excluding carboxylic acids is 1. The van der Waals surface area contributed by atoms with Crippen molar-refractivity contribution in [3.8, 4) is 0 Å². The molecule has 1 aromatic carbocycles. The Labute approximate surface area is 107 Å². The molecule has 1 amide bonds. The normalized spacial score (nSPS) is 12.3. The number of hydrogen-bond donors (Lipinski definition) is 1. The highest BCUT2D eigenvalue weighted by molar-refractivity contribution is 7.90. The van der Waals surface area contributed by atoms with Gasteiger partial charge in [0.15, 0.2) is 9.84 Å². The van der Waals surface area contributed by atoms with Crippen LogP contribution in [0.25, 0.3) is 0 Å². The Kier molecular flexibility index (Phi) is 4.48. The fourth-order valence-electron chi connectivity index (χ4n) is 1.43. The van der Waals surface area contributed by atoms with E-state index in [1.54, 1.807) is 12.1 Å². The highest BCUT2D eigenvalue weighted by atomic mass is 32.2. The van der Waals surface area contributed by atoms with Gasteiger partial charge in [-0.1, -0.05) is 18.7 Å². The lowest BCUT2D eigenvalue weighted by Crippen LogP contribution is -2.24. The monoisotopic (exact) mass is 265 g/mol. The Bertz CT molecular complexity index is 581. The second kappa shape index (κ2) is 5.67. The minimum Gasteiger partial charge on any atom is -0.346 e. The van der Waals surface area contributed by atoms with E-state index in [2.05, 4.69) is 17.6 Å². The lowest BCUT2D eigenvalue weighted by molar-refractivity contribution is -0.117. The Hall–Kier alpha value is -1.84. The van der Waals surface area contributed by atoms with Crippen LogP contribution in [-0.4, -0.2) is 20.6 Å². The van der Waals surface area contributed by atoms with Crippen LogP contribution in [-0.2, 0) is 14.6 Å². The van der Waals surface area contributed by atoms with Crippen molar-refractivity contribution in [3.63, 3.8) is 0 Å². The molecule has 0 saturated heterocycles. The highest BCUT2D eigenvalue weighted by Gasteiger charge is 2.10. The maximum atomic E-state index is 11.3. The van der Waals surface area contributed by atoms with Crippen LogP contribution >= 0.6 is 0 Å². The first kappa shape index (κ1) is 14.2. The van der Waals surface area contributed by atoms with E-state index in [1.165, 1.54) is 18.2 Å². The van der Waals surface area contributed by atoms with Gasteiger partial charge in [-0.05, 0) is 24.6 Å². The van der Waals surface area contributed by atoms with Gasteiger partial charge in [-0.25, -0.2) is 8.42 Å². The molecule has 0 aliphatic heterocycles.